The van der Waals surface area contributed by atoms with Crippen molar-refractivity contribution in [2.75, 3.05) is 6.61 Å². The minimum atomic E-state index is -1.35. The molecule has 4 nitrogen and oxygen atoms in total. The van der Waals surface area contributed by atoms with Crippen LogP contribution in [0.5, 0.6) is 0 Å². The molecule has 5 heteroatoms. The van der Waals surface area contributed by atoms with E-state index < -0.39 is 23.0 Å². The fourth-order valence-electron chi connectivity index (χ4n) is 3.65. The molecule has 0 radical (unpaired) electrons. The monoisotopic (exact) mass is 384 g/mol. The first kappa shape index (κ1) is 20.2. The van der Waals surface area contributed by atoms with Crippen LogP contribution in [0.1, 0.15) is 70.7 Å². The van der Waals surface area contributed by atoms with E-state index in [9.17, 15) is 14.0 Å². The van der Waals surface area contributed by atoms with Gasteiger partial charge in [0.2, 0.25) is 0 Å². The molecule has 0 bridgehead atoms. The molecule has 2 aromatic rings. The molecule has 0 atom stereocenters. The summed E-state index contributed by atoms with van der Waals surface area (Å²) in [6, 6.07) is 7.64. The van der Waals surface area contributed by atoms with Crippen LogP contribution in [0.15, 0.2) is 30.3 Å². The van der Waals surface area contributed by atoms with Crippen molar-refractivity contribution in [1.82, 2.24) is 0 Å². The zero-order chi connectivity index (χ0) is 20.9. The van der Waals surface area contributed by atoms with Gasteiger partial charge in [-0.25, -0.2) is 9.18 Å². The summed E-state index contributed by atoms with van der Waals surface area (Å²) >= 11 is 0. The summed E-state index contributed by atoms with van der Waals surface area (Å²) in [5.74, 6) is -2.50. The van der Waals surface area contributed by atoms with Gasteiger partial charge in [-0.05, 0) is 55.2 Å². The highest BCUT2D eigenvalue weighted by Gasteiger charge is 2.38. The summed E-state index contributed by atoms with van der Waals surface area (Å²) in [4.78, 5) is 23.7. The average molecular weight is 384 g/mol. The molecule has 148 valence electrons. The Hall–Kier alpha value is -2.53. The Labute approximate surface area is 164 Å². The highest BCUT2D eigenvalue weighted by Crippen LogP contribution is 2.42. The first-order valence-electron chi connectivity index (χ1n) is 9.27. The number of aryl methyl sites for hydroxylation is 1. The van der Waals surface area contributed by atoms with Gasteiger partial charge >= 0.3 is 5.97 Å². The second-order valence-corrected chi connectivity index (χ2v) is 8.61. The van der Waals surface area contributed by atoms with E-state index in [0.29, 0.717) is 6.61 Å². The summed E-state index contributed by atoms with van der Waals surface area (Å²) in [5.41, 5.74) is 3.30. The molecular formula is C23H25FO4. The van der Waals surface area contributed by atoms with Gasteiger partial charge in [-0.15, -0.1) is 0 Å². The maximum absolute atomic E-state index is 13.9. The molecule has 0 fully saturated rings. The molecule has 28 heavy (non-hydrogen) atoms. The van der Waals surface area contributed by atoms with E-state index in [4.69, 9.17) is 9.84 Å². The number of carbonyl (C=O) groups is 2. The van der Waals surface area contributed by atoms with Gasteiger partial charge in [0, 0.05) is 17.4 Å². The topological polar surface area (TPSA) is 63.6 Å². The normalized spacial score (nSPS) is 17.1. The second kappa shape index (κ2) is 6.82. The summed E-state index contributed by atoms with van der Waals surface area (Å²) in [6.45, 7) is 10.8. The fraction of sp³-hybridized carbons (Fsp3) is 0.391. The SMILES string of the molecule is Cc1cc2c(cc1CC(=O)c1ccc(C(=O)O)c(F)c1)C(C)(C)COC2(C)C. The number of carboxylic acid groups (broad SMARTS) is 1. The minimum Gasteiger partial charge on any atom is -0.478 e. The summed E-state index contributed by atoms with van der Waals surface area (Å²) in [7, 11) is 0. The van der Waals surface area contributed by atoms with Crippen molar-refractivity contribution < 1.29 is 23.8 Å². The van der Waals surface area contributed by atoms with Crippen molar-refractivity contribution in [1.29, 1.82) is 0 Å². The molecule has 1 heterocycles. The number of benzene rings is 2. The Kier molecular flexibility index (Phi) is 4.92. The van der Waals surface area contributed by atoms with Crippen LogP contribution < -0.4 is 0 Å². The lowest BCUT2D eigenvalue weighted by molar-refractivity contribution is -0.0588. The van der Waals surface area contributed by atoms with E-state index in [1.807, 2.05) is 20.8 Å². The van der Waals surface area contributed by atoms with E-state index in [1.54, 1.807) is 0 Å². The Morgan fingerprint density at radius 1 is 1.11 bits per heavy atom. The lowest BCUT2D eigenvalue weighted by atomic mass is 9.74. The van der Waals surface area contributed by atoms with E-state index >= 15 is 0 Å². The molecule has 3 rings (SSSR count). The number of fused-ring (bicyclic) bond motifs is 1. The van der Waals surface area contributed by atoms with Crippen LogP contribution in [0.2, 0.25) is 0 Å². The minimum absolute atomic E-state index is 0.127. The molecule has 0 saturated carbocycles. The quantitative estimate of drug-likeness (QED) is 0.769. The van der Waals surface area contributed by atoms with Gasteiger partial charge in [-0.3, -0.25) is 4.79 Å². The summed E-state index contributed by atoms with van der Waals surface area (Å²) < 4.78 is 20.0. The zero-order valence-corrected chi connectivity index (χ0v) is 16.9. The lowest BCUT2D eigenvalue weighted by Crippen LogP contribution is -2.40. The number of carbonyl (C=O) groups excluding carboxylic acids is 1. The molecule has 1 aliphatic heterocycles. The average Bonchev–Trinajstić information content (AvgIpc) is 2.60. The maximum atomic E-state index is 13.9. The van der Waals surface area contributed by atoms with Crippen LogP contribution in [0.4, 0.5) is 4.39 Å². The van der Waals surface area contributed by atoms with Crippen molar-refractivity contribution >= 4 is 11.8 Å². The van der Waals surface area contributed by atoms with Gasteiger partial charge in [0.1, 0.15) is 5.82 Å². The third-order valence-corrected chi connectivity index (χ3v) is 5.52. The van der Waals surface area contributed by atoms with Gasteiger partial charge in [-0.1, -0.05) is 32.0 Å². The van der Waals surface area contributed by atoms with Crippen LogP contribution in [-0.2, 0) is 22.2 Å². The molecule has 2 aromatic carbocycles. The summed E-state index contributed by atoms with van der Waals surface area (Å²) in [6.07, 6.45) is 0.127. The Bertz CT molecular complexity index is 973. The van der Waals surface area contributed by atoms with Crippen LogP contribution >= 0.6 is 0 Å². The molecule has 1 aliphatic rings. The maximum Gasteiger partial charge on any atom is 0.338 e. The van der Waals surface area contributed by atoms with Crippen LogP contribution in [0.3, 0.4) is 0 Å². The van der Waals surface area contributed by atoms with Crippen LogP contribution in [0, 0.1) is 12.7 Å². The number of hydrogen-bond donors (Lipinski definition) is 1. The molecule has 0 amide bonds. The van der Waals surface area contributed by atoms with Crippen molar-refractivity contribution in [3.63, 3.8) is 0 Å². The molecule has 0 saturated heterocycles. The van der Waals surface area contributed by atoms with Crippen molar-refractivity contribution in [2.45, 2.75) is 52.1 Å². The number of ketones is 1. The molecule has 0 aliphatic carbocycles. The smallest absolute Gasteiger partial charge is 0.338 e. The largest absolute Gasteiger partial charge is 0.478 e. The lowest BCUT2D eigenvalue weighted by Gasteiger charge is -2.42. The second-order valence-electron chi connectivity index (χ2n) is 8.61. The van der Waals surface area contributed by atoms with E-state index in [1.165, 1.54) is 6.07 Å². The van der Waals surface area contributed by atoms with Crippen molar-refractivity contribution in [2.24, 2.45) is 0 Å². The first-order valence-corrected chi connectivity index (χ1v) is 9.27. The highest BCUT2D eigenvalue weighted by atomic mass is 19.1. The molecule has 0 spiro atoms. The van der Waals surface area contributed by atoms with Gasteiger partial charge < -0.3 is 9.84 Å². The predicted molar refractivity (Wildman–Crippen MR) is 105 cm³/mol. The Morgan fingerprint density at radius 2 is 1.79 bits per heavy atom. The Morgan fingerprint density at radius 3 is 2.39 bits per heavy atom. The van der Waals surface area contributed by atoms with Gasteiger partial charge in [0.05, 0.1) is 17.8 Å². The van der Waals surface area contributed by atoms with Crippen molar-refractivity contribution in [3.05, 3.63) is 69.5 Å². The zero-order valence-electron chi connectivity index (χ0n) is 16.9. The number of halogens is 1. The number of carboxylic acids is 1. The van der Waals surface area contributed by atoms with Crippen LogP contribution in [-0.4, -0.2) is 23.5 Å². The van der Waals surface area contributed by atoms with Gasteiger partial charge in [0.15, 0.2) is 5.78 Å². The molecular weight excluding hydrogens is 359 g/mol. The fourth-order valence-corrected chi connectivity index (χ4v) is 3.65. The number of aromatic carboxylic acids is 1. The van der Waals surface area contributed by atoms with Gasteiger partial charge in [-0.2, -0.15) is 0 Å². The highest BCUT2D eigenvalue weighted by molar-refractivity contribution is 5.99. The number of Topliss-reactive ketones (excluding diaryl/α,β-unsaturated/α-hetero) is 1. The molecule has 1 N–H and O–H groups in total. The van der Waals surface area contributed by atoms with E-state index in [0.717, 1.165) is 34.4 Å². The van der Waals surface area contributed by atoms with Gasteiger partial charge in [0.25, 0.3) is 0 Å². The standard InChI is InChI=1S/C23H25FO4/c1-13-8-18-17(22(2,3)12-28-23(18,4)5)9-15(13)11-20(25)14-6-7-16(21(26)27)19(24)10-14/h6-10H,11-12H2,1-5H3,(H,26,27). The first-order chi connectivity index (χ1) is 12.9. The number of hydrogen-bond acceptors (Lipinski definition) is 3. The number of ether oxygens (including phenoxy) is 1. The molecule has 0 unspecified atom stereocenters. The Balaban J connectivity index is 1.96. The van der Waals surface area contributed by atoms with E-state index in [-0.39, 0.29) is 23.2 Å². The third-order valence-electron chi connectivity index (χ3n) is 5.52. The van der Waals surface area contributed by atoms with Crippen molar-refractivity contribution in [3.8, 4) is 0 Å². The summed E-state index contributed by atoms with van der Waals surface area (Å²) in [5, 5.41) is 8.94. The molecule has 0 aromatic heterocycles. The van der Waals surface area contributed by atoms with Crippen LogP contribution in [0.25, 0.3) is 0 Å². The third kappa shape index (κ3) is 3.59. The number of rotatable bonds is 4. The predicted octanol–water partition coefficient (Wildman–Crippen LogP) is 4.80. The van der Waals surface area contributed by atoms with E-state index in [2.05, 4.69) is 26.0 Å².